The molecule has 0 atom stereocenters. The normalized spacial score (nSPS) is 18.0. The molecule has 3 heterocycles. The number of nitrogens with two attached hydrogens (primary N) is 1. The van der Waals surface area contributed by atoms with Gasteiger partial charge in [-0.2, -0.15) is 10.2 Å². The van der Waals surface area contributed by atoms with E-state index in [0.717, 1.165) is 30.4 Å². The molecule has 1 saturated heterocycles. The van der Waals surface area contributed by atoms with Gasteiger partial charge >= 0.3 is 0 Å². The lowest BCUT2D eigenvalue weighted by Crippen LogP contribution is -2.48. The summed E-state index contributed by atoms with van der Waals surface area (Å²) in [4.78, 5) is 25.8. The lowest BCUT2D eigenvalue weighted by molar-refractivity contribution is -0.133. The van der Waals surface area contributed by atoms with Crippen molar-refractivity contribution >= 4 is 22.6 Å². The molecular formula is C21H25N7O. The zero-order chi connectivity index (χ0) is 20.3. The van der Waals surface area contributed by atoms with Gasteiger partial charge in [-0.15, -0.1) is 12.3 Å². The molecule has 0 unspecified atom stereocenters. The number of hydrogen-bond donors (Lipinski definition) is 1. The van der Waals surface area contributed by atoms with E-state index >= 15 is 0 Å². The van der Waals surface area contributed by atoms with Crippen molar-refractivity contribution in [2.75, 3.05) is 31.9 Å². The van der Waals surface area contributed by atoms with Crippen molar-refractivity contribution in [3.8, 4) is 12.3 Å². The van der Waals surface area contributed by atoms with Crippen LogP contribution in [0.25, 0.3) is 10.9 Å². The topological polar surface area (TPSA) is 100 Å². The summed E-state index contributed by atoms with van der Waals surface area (Å²) >= 11 is 0. The first kappa shape index (κ1) is 19.3. The SMILES string of the molecule is C#CCCC1(CCC(=O)N2CCN(Cc3nc(N)c4ccccc4n3)CC2)N=N1. The third-order valence-corrected chi connectivity index (χ3v) is 5.56. The number of carbonyl (C=O) groups is 1. The molecule has 8 nitrogen and oxygen atoms in total. The number of carbonyl (C=O) groups excluding carboxylic acids is 1. The van der Waals surface area contributed by atoms with Gasteiger partial charge in [0.15, 0.2) is 5.66 Å². The maximum atomic E-state index is 12.5. The molecule has 2 aliphatic rings. The van der Waals surface area contributed by atoms with Crippen LogP contribution < -0.4 is 5.73 Å². The predicted molar refractivity (Wildman–Crippen MR) is 111 cm³/mol. The van der Waals surface area contributed by atoms with Crippen LogP contribution in [-0.2, 0) is 11.3 Å². The second-order valence-electron chi connectivity index (χ2n) is 7.59. The number of benzene rings is 1. The minimum absolute atomic E-state index is 0.160. The number of nitrogen functional groups attached to an aromatic ring is 1. The predicted octanol–water partition coefficient (Wildman–Crippen LogP) is 2.21. The maximum absolute atomic E-state index is 12.5. The number of para-hydroxylation sites is 1. The number of piperazine rings is 1. The number of hydrogen-bond acceptors (Lipinski definition) is 7. The molecule has 2 aromatic rings. The molecule has 0 bridgehead atoms. The van der Waals surface area contributed by atoms with Gasteiger partial charge in [-0.25, -0.2) is 9.97 Å². The molecule has 1 aromatic heterocycles. The van der Waals surface area contributed by atoms with Gasteiger partial charge < -0.3 is 10.6 Å². The summed E-state index contributed by atoms with van der Waals surface area (Å²) in [6.07, 6.45) is 7.80. The first-order valence-corrected chi connectivity index (χ1v) is 9.97. The van der Waals surface area contributed by atoms with Gasteiger partial charge in [0, 0.05) is 57.2 Å². The van der Waals surface area contributed by atoms with Gasteiger partial charge in [0.05, 0.1) is 12.1 Å². The van der Waals surface area contributed by atoms with Crippen molar-refractivity contribution in [1.29, 1.82) is 0 Å². The van der Waals surface area contributed by atoms with Crippen LogP contribution in [-0.4, -0.2) is 57.5 Å². The van der Waals surface area contributed by atoms with E-state index in [0.29, 0.717) is 50.5 Å². The molecular weight excluding hydrogens is 366 g/mol. The Kier molecular flexibility index (Phi) is 5.41. The van der Waals surface area contributed by atoms with Gasteiger partial charge in [0.2, 0.25) is 5.91 Å². The molecule has 29 heavy (non-hydrogen) atoms. The fraction of sp³-hybridized carbons (Fsp3) is 0.476. The van der Waals surface area contributed by atoms with Crippen molar-refractivity contribution in [3.63, 3.8) is 0 Å². The van der Waals surface area contributed by atoms with E-state index in [2.05, 4.69) is 31.0 Å². The van der Waals surface area contributed by atoms with Crippen molar-refractivity contribution in [2.45, 2.75) is 37.9 Å². The van der Waals surface area contributed by atoms with Gasteiger partial charge in [0.1, 0.15) is 11.6 Å². The summed E-state index contributed by atoms with van der Waals surface area (Å²) in [5.74, 6) is 4.00. The number of anilines is 1. The lowest BCUT2D eigenvalue weighted by atomic mass is 10.0. The van der Waals surface area contributed by atoms with Crippen LogP contribution in [0, 0.1) is 12.3 Å². The van der Waals surface area contributed by atoms with Gasteiger partial charge in [-0.05, 0) is 12.1 Å². The summed E-state index contributed by atoms with van der Waals surface area (Å²) < 4.78 is 0. The number of aromatic nitrogens is 2. The smallest absolute Gasteiger partial charge is 0.222 e. The molecule has 1 aromatic carbocycles. The fourth-order valence-corrected chi connectivity index (χ4v) is 3.71. The zero-order valence-electron chi connectivity index (χ0n) is 16.4. The molecule has 150 valence electrons. The summed E-state index contributed by atoms with van der Waals surface area (Å²) in [7, 11) is 0. The van der Waals surface area contributed by atoms with E-state index in [1.165, 1.54) is 0 Å². The van der Waals surface area contributed by atoms with E-state index in [1.54, 1.807) is 0 Å². The average Bonchev–Trinajstić information content (AvgIpc) is 3.51. The Labute approximate surface area is 170 Å². The molecule has 0 aliphatic carbocycles. The molecule has 0 radical (unpaired) electrons. The highest BCUT2D eigenvalue weighted by Crippen LogP contribution is 2.37. The standard InChI is InChI=1S/C21H25N7O/c1-2-3-9-21(25-26-21)10-8-19(29)28-13-11-27(12-14-28)15-18-23-17-7-5-4-6-16(17)20(22)24-18/h1,4-7H,3,8-15H2,(H2,22,23,24). The number of nitrogens with zero attached hydrogens (tertiary/aromatic N) is 6. The largest absolute Gasteiger partial charge is 0.383 e. The van der Waals surface area contributed by atoms with Crippen LogP contribution in [0.1, 0.15) is 31.5 Å². The lowest BCUT2D eigenvalue weighted by Gasteiger charge is -2.34. The van der Waals surface area contributed by atoms with Crippen LogP contribution in [0.3, 0.4) is 0 Å². The van der Waals surface area contributed by atoms with E-state index in [9.17, 15) is 4.79 Å². The molecule has 4 rings (SSSR count). The Morgan fingerprint density at radius 2 is 1.90 bits per heavy atom. The minimum Gasteiger partial charge on any atom is -0.383 e. The molecule has 1 fully saturated rings. The first-order valence-electron chi connectivity index (χ1n) is 9.97. The van der Waals surface area contributed by atoms with Crippen LogP contribution in [0.15, 0.2) is 34.5 Å². The number of amides is 1. The maximum Gasteiger partial charge on any atom is 0.222 e. The summed E-state index contributed by atoms with van der Waals surface area (Å²) in [6, 6.07) is 7.75. The summed E-state index contributed by atoms with van der Waals surface area (Å²) in [5.41, 5.74) is 6.55. The van der Waals surface area contributed by atoms with Crippen molar-refractivity contribution in [3.05, 3.63) is 30.1 Å². The summed E-state index contributed by atoms with van der Waals surface area (Å²) in [6.45, 7) is 3.61. The molecule has 1 amide bonds. The Morgan fingerprint density at radius 3 is 2.62 bits per heavy atom. The van der Waals surface area contributed by atoms with E-state index in [-0.39, 0.29) is 5.91 Å². The second-order valence-corrected chi connectivity index (χ2v) is 7.59. The monoisotopic (exact) mass is 391 g/mol. The third-order valence-electron chi connectivity index (χ3n) is 5.56. The highest BCUT2D eigenvalue weighted by Gasteiger charge is 2.39. The highest BCUT2D eigenvalue weighted by atomic mass is 16.2. The Bertz CT molecular complexity index is 967. The van der Waals surface area contributed by atoms with Crippen LogP contribution >= 0.6 is 0 Å². The van der Waals surface area contributed by atoms with Crippen molar-refractivity contribution in [2.24, 2.45) is 10.2 Å². The Hall–Kier alpha value is -3.05. The quantitative estimate of drug-likeness (QED) is 0.730. The minimum atomic E-state index is -0.392. The molecule has 0 spiro atoms. The second kappa shape index (κ2) is 8.13. The van der Waals surface area contributed by atoms with Crippen LogP contribution in [0.5, 0.6) is 0 Å². The fourth-order valence-electron chi connectivity index (χ4n) is 3.71. The van der Waals surface area contributed by atoms with Crippen LogP contribution in [0.2, 0.25) is 0 Å². The van der Waals surface area contributed by atoms with Gasteiger partial charge in [0.25, 0.3) is 0 Å². The molecule has 2 aliphatic heterocycles. The highest BCUT2D eigenvalue weighted by molar-refractivity contribution is 5.87. The summed E-state index contributed by atoms with van der Waals surface area (Å²) in [5, 5.41) is 9.08. The van der Waals surface area contributed by atoms with Crippen molar-refractivity contribution < 1.29 is 4.79 Å². The number of fused-ring (bicyclic) bond motifs is 1. The third kappa shape index (κ3) is 4.51. The molecule has 2 N–H and O–H groups in total. The average molecular weight is 391 g/mol. The molecule has 0 saturated carbocycles. The van der Waals surface area contributed by atoms with E-state index < -0.39 is 5.66 Å². The zero-order valence-corrected chi connectivity index (χ0v) is 16.4. The Balaban J connectivity index is 1.26. The van der Waals surface area contributed by atoms with E-state index in [1.807, 2.05) is 29.2 Å². The number of terminal acetylenes is 1. The Morgan fingerprint density at radius 1 is 1.14 bits per heavy atom. The van der Waals surface area contributed by atoms with Gasteiger partial charge in [-0.1, -0.05) is 12.1 Å². The molecule has 8 heteroatoms. The number of rotatable bonds is 7. The first-order chi connectivity index (χ1) is 14.1. The van der Waals surface area contributed by atoms with E-state index in [4.69, 9.17) is 12.2 Å². The van der Waals surface area contributed by atoms with Crippen LogP contribution in [0.4, 0.5) is 5.82 Å². The van der Waals surface area contributed by atoms with Gasteiger partial charge in [-0.3, -0.25) is 9.69 Å². The van der Waals surface area contributed by atoms with Crippen molar-refractivity contribution in [1.82, 2.24) is 19.8 Å².